The van der Waals surface area contributed by atoms with E-state index in [9.17, 15) is 9.90 Å². The summed E-state index contributed by atoms with van der Waals surface area (Å²) in [6.45, 7) is 5.24. The Morgan fingerprint density at radius 2 is 1.84 bits per heavy atom. The third-order valence-corrected chi connectivity index (χ3v) is 2.74. The summed E-state index contributed by atoms with van der Waals surface area (Å²) < 4.78 is 0. The van der Waals surface area contributed by atoms with Crippen LogP contribution >= 0.6 is 0 Å². The van der Waals surface area contributed by atoms with E-state index in [1.165, 1.54) is 0 Å². The number of amides is 1. The number of aliphatic hydroxyl groups is 1. The summed E-state index contributed by atoms with van der Waals surface area (Å²) >= 11 is 0. The van der Waals surface area contributed by atoms with E-state index in [1.54, 1.807) is 24.3 Å². The van der Waals surface area contributed by atoms with Crippen LogP contribution in [0.3, 0.4) is 0 Å². The zero-order valence-corrected chi connectivity index (χ0v) is 11.4. The summed E-state index contributed by atoms with van der Waals surface area (Å²) in [6.07, 6.45) is -0.624. The lowest BCUT2D eigenvalue weighted by molar-refractivity contribution is -0.123. The molecule has 0 bridgehead atoms. The van der Waals surface area contributed by atoms with E-state index >= 15 is 0 Å². The highest BCUT2D eigenvalue weighted by Gasteiger charge is 2.07. The van der Waals surface area contributed by atoms with Crippen LogP contribution in [0.15, 0.2) is 24.3 Å². The second kappa shape index (κ2) is 7.76. The highest BCUT2D eigenvalue weighted by Crippen LogP contribution is 2.15. The Balaban J connectivity index is 2.19. The number of carbonyl (C=O) groups is 1. The maximum Gasteiger partial charge on any atom is 0.222 e. The van der Waals surface area contributed by atoms with Crippen molar-refractivity contribution in [2.75, 3.05) is 19.6 Å². The van der Waals surface area contributed by atoms with Crippen LogP contribution in [0.4, 0.5) is 0 Å². The number of aliphatic hydroxyl groups excluding tert-OH is 1. The molecule has 1 atom stereocenters. The first-order valence-corrected chi connectivity index (χ1v) is 6.46. The van der Waals surface area contributed by atoms with Crippen LogP contribution in [0, 0.1) is 5.92 Å². The number of rotatable bonds is 7. The second-order valence-electron chi connectivity index (χ2n) is 4.76. The van der Waals surface area contributed by atoms with Crippen molar-refractivity contribution in [3.8, 4) is 5.75 Å². The van der Waals surface area contributed by atoms with Crippen LogP contribution in [0.1, 0.15) is 25.5 Å². The Morgan fingerprint density at radius 3 is 2.42 bits per heavy atom. The first kappa shape index (κ1) is 15.5. The van der Waals surface area contributed by atoms with Gasteiger partial charge < -0.3 is 20.8 Å². The zero-order chi connectivity index (χ0) is 14.3. The number of aromatic hydroxyl groups is 1. The first-order chi connectivity index (χ1) is 9.00. The van der Waals surface area contributed by atoms with Crippen LogP contribution in [0.5, 0.6) is 5.75 Å². The lowest BCUT2D eigenvalue weighted by Gasteiger charge is -2.13. The van der Waals surface area contributed by atoms with Crippen molar-refractivity contribution in [2.45, 2.75) is 20.0 Å². The topological polar surface area (TPSA) is 81.6 Å². The Kier molecular flexibility index (Phi) is 6.32. The molecule has 0 radical (unpaired) electrons. The third kappa shape index (κ3) is 5.72. The quantitative estimate of drug-likeness (QED) is 0.550. The van der Waals surface area contributed by atoms with Crippen LogP contribution in [0.2, 0.25) is 0 Å². The van der Waals surface area contributed by atoms with Crippen molar-refractivity contribution in [3.05, 3.63) is 29.8 Å². The number of carbonyl (C=O) groups excluding carboxylic acids is 1. The van der Waals surface area contributed by atoms with Crippen LogP contribution in [0.25, 0.3) is 0 Å². The Labute approximate surface area is 113 Å². The van der Waals surface area contributed by atoms with Crippen LogP contribution in [-0.4, -0.2) is 35.8 Å². The van der Waals surface area contributed by atoms with Crippen LogP contribution < -0.4 is 10.6 Å². The predicted molar refractivity (Wildman–Crippen MR) is 73.8 cm³/mol. The van der Waals surface area contributed by atoms with Crippen molar-refractivity contribution in [1.82, 2.24) is 10.6 Å². The van der Waals surface area contributed by atoms with Gasteiger partial charge in [0.25, 0.3) is 0 Å². The maximum atomic E-state index is 11.3. The maximum absolute atomic E-state index is 11.3. The van der Waals surface area contributed by atoms with E-state index in [-0.39, 0.29) is 17.6 Å². The largest absolute Gasteiger partial charge is 0.508 e. The third-order valence-electron chi connectivity index (χ3n) is 2.74. The summed E-state index contributed by atoms with van der Waals surface area (Å²) in [5.74, 6) is 0.198. The summed E-state index contributed by atoms with van der Waals surface area (Å²) in [5.41, 5.74) is 0.747. The van der Waals surface area contributed by atoms with E-state index < -0.39 is 6.10 Å². The Morgan fingerprint density at radius 1 is 1.21 bits per heavy atom. The monoisotopic (exact) mass is 266 g/mol. The molecule has 106 valence electrons. The molecule has 0 spiro atoms. The van der Waals surface area contributed by atoms with Crippen molar-refractivity contribution in [2.24, 2.45) is 5.92 Å². The molecule has 0 aromatic heterocycles. The van der Waals surface area contributed by atoms with Gasteiger partial charge >= 0.3 is 0 Å². The van der Waals surface area contributed by atoms with Gasteiger partial charge in [0.1, 0.15) is 5.75 Å². The molecule has 1 aromatic carbocycles. The standard InChI is InChI=1S/C14H22N2O3/c1-10(2)14(19)16-8-7-15-9-13(18)11-3-5-12(17)6-4-11/h3-6,10,13,15,17-18H,7-9H2,1-2H3,(H,16,19). The van der Waals surface area contributed by atoms with Crippen LogP contribution in [-0.2, 0) is 4.79 Å². The van der Waals surface area contributed by atoms with Crippen molar-refractivity contribution in [3.63, 3.8) is 0 Å². The summed E-state index contributed by atoms with van der Waals surface area (Å²) in [4.78, 5) is 11.3. The molecule has 1 aromatic rings. The lowest BCUT2D eigenvalue weighted by atomic mass is 10.1. The van der Waals surface area contributed by atoms with Gasteiger partial charge in [0.05, 0.1) is 6.10 Å². The number of nitrogens with one attached hydrogen (secondary N) is 2. The molecular weight excluding hydrogens is 244 g/mol. The molecule has 0 saturated heterocycles. The molecule has 0 fully saturated rings. The predicted octanol–water partition coefficient (Wildman–Crippen LogP) is 0.787. The minimum absolute atomic E-state index is 0.0115. The average molecular weight is 266 g/mol. The van der Waals surface area contributed by atoms with Gasteiger partial charge in [0.15, 0.2) is 0 Å². The molecule has 0 aliphatic rings. The number of hydrogen-bond donors (Lipinski definition) is 4. The molecule has 0 aliphatic carbocycles. The summed E-state index contributed by atoms with van der Waals surface area (Å²) in [7, 11) is 0. The minimum atomic E-state index is -0.624. The molecule has 1 rings (SSSR count). The molecule has 0 saturated carbocycles. The van der Waals surface area contributed by atoms with Gasteiger partial charge in [-0.2, -0.15) is 0 Å². The van der Waals surface area contributed by atoms with Gasteiger partial charge in [0, 0.05) is 25.6 Å². The van der Waals surface area contributed by atoms with E-state index in [0.29, 0.717) is 19.6 Å². The normalized spacial score (nSPS) is 12.4. The van der Waals surface area contributed by atoms with Gasteiger partial charge in [-0.25, -0.2) is 0 Å². The second-order valence-corrected chi connectivity index (χ2v) is 4.76. The molecule has 5 nitrogen and oxygen atoms in total. The van der Waals surface area contributed by atoms with E-state index in [4.69, 9.17) is 5.11 Å². The lowest BCUT2D eigenvalue weighted by Crippen LogP contribution is -2.35. The molecule has 1 unspecified atom stereocenters. The first-order valence-electron chi connectivity index (χ1n) is 6.46. The Bertz CT molecular complexity index is 390. The fraction of sp³-hybridized carbons (Fsp3) is 0.500. The number of hydrogen-bond acceptors (Lipinski definition) is 4. The Hall–Kier alpha value is -1.59. The minimum Gasteiger partial charge on any atom is -0.508 e. The van der Waals surface area contributed by atoms with Crippen molar-refractivity contribution < 1.29 is 15.0 Å². The molecule has 0 heterocycles. The molecule has 5 heteroatoms. The van der Waals surface area contributed by atoms with Crippen molar-refractivity contribution in [1.29, 1.82) is 0 Å². The highest BCUT2D eigenvalue weighted by atomic mass is 16.3. The number of benzene rings is 1. The molecule has 4 N–H and O–H groups in total. The molecule has 0 aliphatic heterocycles. The van der Waals surface area contributed by atoms with Gasteiger partial charge in [-0.15, -0.1) is 0 Å². The van der Waals surface area contributed by atoms with E-state index in [1.807, 2.05) is 13.8 Å². The number of phenols is 1. The van der Waals surface area contributed by atoms with E-state index in [0.717, 1.165) is 5.56 Å². The smallest absolute Gasteiger partial charge is 0.222 e. The fourth-order valence-electron chi connectivity index (χ4n) is 1.53. The van der Waals surface area contributed by atoms with Gasteiger partial charge in [-0.05, 0) is 17.7 Å². The number of phenolic OH excluding ortho intramolecular Hbond substituents is 1. The zero-order valence-electron chi connectivity index (χ0n) is 11.4. The van der Waals surface area contributed by atoms with Gasteiger partial charge in [0.2, 0.25) is 5.91 Å². The van der Waals surface area contributed by atoms with Gasteiger partial charge in [-0.1, -0.05) is 26.0 Å². The molecule has 19 heavy (non-hydrogen) atoms. The highest BCUT2D eigenvalue weighted by molar-refractivity contribution is 5.77. The molecular formula is C14H22N2O3. The van der Waals surface area contributed by atoms with E-state index in [2.05, 4.69) is 10.6 Å². The average Bonchev–Trinajstić information content (AvgIpc) is 2.38. The van der Waals surface area contributed by atoms with Gasteiger partial charge in [-0.3, -0.25) is 4.79 Å². The SMILES string of the molecule is CC(C)C(=O)NCCNCC(O)c1ccc(O)cc1. The fourth-order valence-corrected chi connectivity index (χ4v) is 1.53. The van der Waals surface area contributed by atoms with Crippen molar-refractivity contribution >= 4 is 5.91 Å². The summed E-state index contributed by atoms with van der Waals surface area (Å²) in [6, 6.07) is 6.45. The summed E-state index contributed by atoms with van der Waals surface area (Å²) in [5, 5.41) is 24.9. The molecule has 1 amide bonds.